The number of anilines is 2. The summed E-state index contributed by atoms with van der Waals surface area (Å²) in [7, 11) is 1.67. The fourth-order valence-electron chi connectivity index (χ4n) is 1.43. The van der Waals surface area contributed by atoms with Gasteiger partial charge in [-0.2, -0.15) is 15.1 Å². The number of nitrogens with zero attached hydrogens (tertiary/aromatic N) is 4. The minimum atomic E-state index is -0.263. The molecule has 0 unspecified atom stereocenters. The highest BCUT2D eigenvalue weighted by Crippen LogP contribution is 2.13. The molecule has 2 rings (SSSR count). The average Bonchev–Trinajstić information content (AvgIpc) is 2.13. The predicted octanol–water partition coefficient (Wildman–Crippen LogP) is -0.804. The van der Waals surface area contributed by atoms with Crippen LogP contribution in [0.1, 0.15) is 5.69 Å². The van der Waals surface area contributed by atoms with Gasteiger partial charge in [0.1, 0.15) is 16.9 Å². The summed E-state index contributed by atoms with van der Waals surface area (Å²) in [6.45, 7) is 1.61. The maximum atomic E-state index is 11.7. The molecular formula is C8H10N6O. The molecule has 2 aromatic rings. The summed E-state index contributed by atoms with van der Waals surface area (Å²) >= 11 is 0. The van der Waals surface area contributed by atoms with Gasteiger partial charge in [0.05, 0.1) is 0 Å². The number of hydrogen-bond acceptors (Lipinski definition) is 6. The van der Waals surface area contributed by atoms with Crippen molar-refractivity contribution in [1.82, 2.24) is 19.7 Å². The van der Waals surface area contributed by atoms with Crippen LogP contribution in [-0.2, 0) is 7.05 Å². The smallest absolute Gasteiger partial charge is 0.224 e. The van der Waals surface area contributed by atoms with Gasteiger partial charge in [-0.05, 0) is 6.92 Å². The molecule has 0 radical (unpaired) electrons. The molecule has 0 amide bonds. The maximum Gasteiger partial charge on any atom is 0.224 e. The monoisotopic (exact) mass is 206 g/mol. The van der Waals surface area contributed by atoms with Crippen LogP contribution in [0.3, 0.4) is 0 Å². The Morgan fingerprint density at radius 3 is 2.60 bits per heavy atom. The third-order valence-corrected chi connectivity index (χ3v) is 2.10. The number of nitrogen functional groups attached to an aromatic ring is 2. The van der Waals surface area contributed by atoms with Crippen LogP contribution in [0.5, 0.6) is 0 Å². The van der Waals surface area contributed by atoms with Crippen LogP contribution in [0.15, 0.2) is 4.79 Å². The molecule has 7 nitrogen and oxygen atoms in total. The molecule has 0 saturated carbocycles. The summed E-state index contributed by atoms with van der Waals surface area (Å²) in [4.78, 5) is 19.4. The first-order valence-corrected chi connectivity index (χ1v) is 4.27. The lowest BCUT2D eigenvalue weighted by Gasteiger charge is -2.06. The number of aryl methyl sites for hydroxylation is 2. The Balaban J connectivity index is 3.10. The molecule has 2 aromatic heterocycles. The Hall–Kier alpha value is -2.18. The van der Waals surface area contributed by atoms with E-state index in [1.54, 1.807) is 14.0 Å². The van der Waals surface area contributed by atoms with Crippen LogP contribution in [0, 0.1) is 6.92 Å². The average molecular weight is 206 g/mol. The molecule has 15 heavy (non-hydrogen) atoms. The SMILES string of the molecule is Cc1nn(C)c2nc(N)nc(N)c2c1=O. The largest absolute Gasteiger partial charge is 0.383 e. The van der Waals surface area contributed by atoms with E-state index in [9.17, 15) is 4.79 Å². The number of rotatable bonds is 0. The van der Waals surface area contributed by atoms with Crippen LogP contribution in [-0.4, -0.2) is 19.7 Å². The van der Waals surface area contributed by atoms with E-state index in [0.29, 0.717) is 11.3 Å². The molecule has 0 aliphatic heterocycles. The number of hydrogen-bond donors (Lipinski definition) is 2. The lowest BCUT2D eigenvalue weighted by Crippen LogP contribution is -2.18. The lowest BCUT2D eigenvalue weighted by atomic mass is 10.3. The third-order valence-electron chi connectivity index (χ3n) is 2.10. The van der Waals surface area contributed by atoms with Crippen LogP contribution in [0.25, 0.3) is 11.0 Å². The lowest BCUT2D eigenvalue weighted by molar-refractivity contribution is 0.742. The van der Waals surface area contributed by atoms with Crippen LogP contribution >= 0.6 is 0 Å². The quantitative estimate of drug-likeness (QED) is 0.583. The van der Waals surface area contributed by atoms with E-state index in [2.05, 4.69) is 15.1 Å². The second-order valence-electron chi connectivity index (χ2n) is 3.20. The molecule has 0 atom stereocenters. The van der Waals surface area contributed by atoms with Gasteiger partial charge < -0.3 is 11.5 Å². The molecule has 78 valence electrons. The fraction of sp³-hybridized carbons (Fsp3) is 0.250. The third kappa shape index (κ3) is 1.28. The van der Waals surface area contributed by atoms with Gasteiger partial charge in [-0.1, -0.05) is 0 Å². The van der Waals surface area contributed by atoms with E-state index in [1.807, 2.05) is 0 Å². The molecule has 2 heterocycles. The number of aromatic nitrogens is 4. The number of fused-ring (bicyclic) bond motifs is 1. The zero-order chi connectivity index (χ0) is 11.2. The summed E-state index contributed by atoms with van der Waals surface area (Å²) in [6.07, 6.45) is 0. The van der Waals surface area contributed by atoms with Gasteiger partial charge in [0.15, 0.2) is 5.65 Å². The van der Waals surface area contributed by atoms with Crippen LogP contribution < -0.4 is 16.9 Å². The minimum Gasteiger partial charge on any atom is -0.383 e. The second kappa shape index (κ2) is 2.91. The van der Waals surface area contributed by atoms with E-state index >= 15 is 0 Å². The number of nitrogens with two attached hydrogens (primary N) is 2. The van der Waals surface area contributed by atoms with Crippen molar-refractivity contribution >= 4 is 22.8 Å². The fourth-order valence-corrected chi connectivity index (χ4v) is 1.43. The molecule has 0 fully saturated rings. The highest BCUT2D eigenvalue weighted by molar-refractivity contribution is 5.86. The molecule has 0 bridgehead atoms. The summed E-state index contributed by atoms with van der Waals surface area (Å²) in [5.74, 6) is 0.115. The van der Waals surface area contributed by atoms with Gasteiger partial charge in [0, 0.05) is 7.05 Å². The van der Waals surface area contributed by atoms with Crippen molar-refractivity contribution in [3.63, 3.8) is 0 Å². The first-order valence-electron chi connectivity index (χ1n) is 4.27. The topological polar surface area (TPSA) is 113 Å². The molecular weight excluding hydrogens is 196 g/mol. The minimum absolute atomic E-state index is 0.0284. The highest BCUT2D eigenvalue weighted by atomic mass is 16.1. The molecule has 0 aliphatic carbocycles. The van der Waals surface area contributed by atoms with Gasteiger partial charge >= 0.3 is 0 Å². The van der Waals surface area contributed by atoms with Crippen molar-refractivity contribution in [3.8, 4) is 0 Å². The Labute approximate surface area is 84.7 Å². The maximum absolute atomic E-state index is 11.7. The van der Waals surface area contributed by atoms with E-state index in [1.165, 1.54) is 4.68 Å². The van der Waals surface area contributed by atoms with Crippen molar-refractivity contribution in [2.45, 2.75) is 6.92 Å². The van der Waals surface area contributed by atoms with Crippen LogP contribution in [0.4, 0.5) is 11.8 Å². The predicted molar refractivity (Wildman–Crippen MR) is 56.1 cm³/mol. The van der Waals surface area contributed by atoms with Crippen molar-refractivity contribution in [3.05, 3.63) is 15.9 Å². The van der Waals surface area contributed by atoms with Crippen molar-refractivity contribution in [1.29, 1.82) is 0 Å². The standard InChI is InChI=1S/C8H10N6O/c1-3-5(15)4-6(9)11-8(10)12-7(4)14(2)13-3/h1-2H3,(H4,9,10,11,12). The summed E-state index contributed by atoms with van der Waals surface area (Å²) in [6, 6.07) is 0. The van der Waals surface area contributed by atoms with E-state index in [0.717, 1.165) is 0 Å². The van der Waals surface area contributed by atoms with Crippen molar-refractivity contribution < 1.29 is 0 Å². The molecule has 0 aromatic carbocycles. The highest BCUT2D eigenvalue weighted by Gasteiger charge is 2.12. The molecule has 0 aliphatic rings. The van der Waals surface area contributed by atoms with Crippen molar-refractivity contribution in [2.24, 2.45) is 7.05 Å². The Kier molecular flexibility index (Phi) is 1.82. The Morgan fingerprint density at radius 2 is 1.93 bits per heavy atom. The summed E-state index contributed by atoms with van der Waals surface area (Å²) in [5.41, 5.74) is 11.5. The van der Waals surface area contributed by atoms with E-state index < -0.39 is 0 Å². The van der Waals surface area contributed by atoms with Gasteiger partial charge in [0.25, 0.3) is 0 Å². The van der Waals surface area contributed by atoms with E-state index in [4.69, 9.17) is 11.5 Å². The van der Waals surface area contributed by atoms with Gasteiger partial charge in [-0.25, -0.2) is 4.68 Å². The zero-order valence-corrected chi connectivity index (χ0v) is 8.35. The Bertz CT molecular complexity index is 602. The van der Waals surface area contributed by atoms with Gasteiger partial charge in [-0.3, -0.25) is 4.79 Å². The first-order chi connectivity index (χ1) is 7.00. The van der Waals surface area contributed by atoms with Gasteiger partial charge in [-0.15, -0.1) is 0 Å². The first kappa shape index (κ1) is 9.38. The summed E-state index contributed by atoms with van der Waals surface area (Å²) in [5, 5.41) is 4.25. The summed E-state index contributed by atoms with van der Waals surface area (Å²) < 4.78 is 1.46. The molecule has 4 N–H and O–H groups in total. The van der Waals surface area contributed by atoms with E-state index in [-0.39, 0.29) is 22.6 Å². The molecule has 0 saturated heterocycles. The molecule has 0 spiro atoms. The van der Waals surface area contributed by atoms with Gasteiger partial charge in [0.2, 0.25) is 11.4 Å². The Morgan fingerprint density at radius 1 is 1.27 bits per heavy atom. The second-order valence-corrected chi connectivity index (χ2v) is 3.20. The zero-order valence-electron chi connectivity index (χ0n) is 8.35. The molecule has 7 heteroatoms. The van der Waals surface area contributed by atoms with Crippen LogP contribution in [0.2, 0.25) is 0 Å². The normalized spacial score (nSPS) is 10.8. The van der Waals surface area contributed by atoms with Crippen molar-refractivity contribution in [2.75, 3.05) is 11.5 Å².